The first-order chi connectivity index (χ1) is 13.1. The molecule has 3 aromatic carbocycles. The summed E-state index contributed by atoms with van der Waals surface area (Å²) in [6.07, 6.45) is -0.338. The third-order valence-electron chi connectivity index (χ3n) is 4.50. The van der Waals surface area contributed by atoms with E-state index < -0.39 is 0 Å². The quantitative estimate of drug-likeness (QED) is 0.443. The molecule has 0 unspecified atom stereocenters. The van der Waals surface area contributed by atoms with Gasteiger partial charge in [-0.3, -0.25) is 4.79 Å². The lowest BCUT2D eigenvalue weighted by molar-refractivity contribution is -0.144. The normalized spacial score (nSPS) is 12.5. The zero-order valence-electron chi connectivity index (χ0n) is 14.3. The molecule has 27 heavy (non-hydrogen) atoms. The van der Waals surface area contributed by atoms with E-state index in [0.717, 1.165) is 27.8 Å². The minimum absolute atomic E-state index is 0.225. The molecular formula is C22H16Cl2O2S. The van der Waals surface area contributed by atoms with E-state index in [0.29, 0.717) is 15.8 Å². The van der Waals surface area contributed by atoms with Gasteiger partial charge in [0.1, 0.15) is 0 Å². The van der Waals surface area contributed by atoms with E-state index in [2.05, 4.69) is 12.1 Å². The summed E-state index contributed by atoms with van der Waals surface area (Å²) in [5.74, 6) is 0.724. The molecule has 0 radical (unpaired) electrons. The number of carbonyl (C=O) groups excluding carboxylic acids is 1. The highest BCUT2D eigenvalue weighted by atomic mass is 35.5. The van der Waals surface area contributed by atoms with Gasteiger partial charge in [-0.2, -0.15) is 0 Å². The number of fused-ring (bicyclic) bond motifs is 3. The van der Waals surface area contributed by atoms with Crippen LogP contribution in [0.4, 0.5) is 0 Å². The van der Waals surface area contributed by atoms with Gasteiger partial charge >= 0.3 is 5.97 Å². The molecule has 2 nitrogen and oxygen atoms in total. The topological polar surface area (TPSA) is 26.3 Å². The van der Waals surface area contributed by atoms with Crippen molar-refractivity contribution in [1.29, 1.82) is 0 Å². The Kier molecular flexibility index (Phi) is 5.44. The molecule has 0 N–H and O–H groups in total. The first-order valence-electron chi connectivity index (χ1n) is 8.53. The first kappa shape index (κ1) is 18.4. The summed E-state index contributed by atoms with van der Waals surface area (Å²) in [6, 6.07) is 21.7. The van der Waals surface area contributed by atoms with Gasteiger partial charge in [0.2, 0.25) is 0 Å². The fraction of sp³-hybridized carbons (Fsp3) is 0.136. The van der Waals surface area contributed by atoms with Crippen LogP contribution in [-0.2, 0) is 15.3 Å². The van der Waals surface area contributed by atoms with Gasteiger partial charge in [0, 0.05) is 16.9 Å². The molecule has 1 aliphatic rings. The lowest BCUT2D eigenvalue weighted by atomic mass is 10.1. The standard InChI is InChI=1S/C22H16Cl2O2S/c23-19-10-9-14(11-20(19)24)12-27-13-21(25)26-22-17-7-3-1-5-15(17)16-6-2-4-8-18(16)22/h1-11,22H,12-13H2. The van der Waals surface area contributed by atoms with Gasteiger partial charge in [-0.1, -0.05) is 77.8 Å². The maximum atomic E-state index is 12.4. The smallest absolute Gasteiger partial charge is 0.316 e. The molecule has 136 valence electrons. The third kappa shape index (κ3) is 3.86. The molecule has 0 fully saturated rings. The van der Waals surface area contributed by atoms with Crippen LogP contribution in [0.25, 0.3) is 11.1 Å². The summed E-state index contributed by atoms with van der Waals surface area (Å²) in [7, 11) is 0. The number of thioether (sulfide) groups is 1. The molecule has 5 heteroatoms. The number of halogens is 2. The van der Waals surface area contributed by atoms with Gasteiger partial charge in [-0.25, -0.2) is 0 Å². The molecule has 0 bridgehead atoms. The summed E-state index contributed by atoms with van der Waals surface area (Å²) in [6.45, 7) is 0. The van der Waals surface area contributed by atoms with Crippen molar-refractivity contribution >= 4 is 40.9 Å². The van der Waals surface area contributed by atoms with Crippen molar-refractivity contribution in [3.05, 3.63) is 93.5 Å². The SMILES string of the molecule is O=C(CSCc1ccc(Cl)c(Cl)c1)OC1c2ccccc2-c2ccccc21. The van der Waals surface area contributed by atoms with Crippen LogP contribution in [0.1, 0.15) is 22.8 Å². The minimum atomic E-state index is -0.338. The van der Waals surface area contributed by atoms with Crippen molar-refractivity contribution in [1.82, 2.24) is 0 Å². The second kappa shape index (κ2) is 7.97. The van der Waals surface area contributed by atoms with E-state index in [9.17, 15) is 4.79 Å². The zero-order valence-corrected chi connectivity index (χ0v) is 16.7. The van der Waals surface area contributed by atoms with E-state index in [1.807, 2.05) is 48.5 Å². The van der Waals surface area contributed by atoms with Crippen LogP contribution >= 0.6 is 35.0 Å². The predicted octanol–water partition coefficient (Wildman–Crippen LogP) is 6.54. The molecule has 0 saturated heterocycles. The average molecular weight is 415 g/mol. The van der Waals surface area contributed by atoms with Crippen molar-refractivity contribution in [3.63, 3.8) is 0 Å². The highest BCUT2D eigenvalue weighted by Crippen LogP contribution is 2.45. The number of esters is 1. The lowest BCUT2D eigenvalue weighted by Gasteiger charge is -2.15. The Morgan fingerprint density at radius 2 is 1.52 bits per heavy atom. The highest BCUT2D eigenvalue weighted by molar-refractivity contribution is 7.99. The first-order valence-corrected chi connectivity index (χ1v) is 10.4. The van der Waals surface area contributed by atoms with Crippen LogP contribution < -0.4 is 0 Å². The molecule has 4 rings (SSSR count). The molecule has 0 heterocycles. The number of ether oxygens (including phenoxy) is 1. The lowest BCUT2D eigenvalue weighted by Crippen LogP contribution is -2.12. The minimum Gasteiger partial charge on any atom is -0.452 e. The van der Waals surface area contributed by atoms with Gasteiger partial charge in [0.05, 0.1) is 15.8 Å². The van der Waals surface area contributed by atoms with Crippen molar-refractivity contribution in [2.45, 2.75) is 11.9 Å². The summed E-state index contributed by atoms with van der Waals surface area (Å²) in [4.78, 5) is 12.4. The fourth-order valence-corrected chi connectivity index (χ4v) is 4.36. The van der Waals surface area contributed by atoms with Crippen LogP contribution in [0.5, 0.6) is 0 Å². The van der Waals surface area contributed by atoms with E-state index in [1.165, 1.54) is 11.8 Å². The van der Waals surface area contributed by atoms with E-state index >= 15 is 0 Å². The monoisotopic (exact) mass is 414 g/mol. The molecule has 1 aliphatic carbocycles. The van der Waals surface area contributed by atoms with Gasteiger partial charge < -0.3 is 4.74 Å². The van der Waals surface area contributed by atoms with Crippen molar-refractivity contribution in [2.75, 3.05) is 5.75 Å². The molecular weight excluding hydrogens is 399 g/mol. The highest BCUT2D eigenvalue weighted by Gasteiger charge is 2.30. The summed E-state index contributed by atoms with van der Waals surface area (Å²) in [5.41, 5.74) is 5.38. The number of hydrogen-bond acceptors (Lipinski definition) is 3. The Morgan fingerprint density at radius 1 is 0.889 bits per heavy atom. The number of rotatable bonds is 5. The van der Waals surface area contributed by atoms with Crippen LogP contribution in [0.2, 0.25) is 10.0 Å². The Balaban J connectivity index is 1.42. The van der Waals surface area contributed by atoms with Crippen LogP contribution in [0.15, 0.2) is 66.7 Å². The maximum Gasteiger partial charge on any atom is 0.316 e. The van der Waals surface area contributed by atoms with E-state index in [1.54, 1.807) is 6.07 Å². The largest absolute Gasteiger partial charge is 0.452 e. The van der Waals surface area contributed by atoms with Crippen LogP contribution in [0, 0.1) is 0 Å². The number of hydrogen-bond donors (Lipinski definition) is 0. The molecule has 0 aromatic heterocycles. The Hall–Kier alpha value is -1.94. The van der Waals surface area contributed by atoms with Crippen molar-refractivity contribution in [2.24, 2.45) is 0 Å². The molecule has 0 saturated carbocycles. The Morgan fingerprint density at radius 3 is 2.15 bits per heavy atom. The summed E-state index contributed by atoms with van der Waals surface area (Å²) in [5, 5.41) is 1.06. The Labute approximate surface area is 172 Å². The maximum absolute atomic E-state index is 12.4. The summed E-state index contributed by atoms with van der Waals surface area (Å²) < 4.78 is 5.84. The van der Waals surface area contributed by atoms with Gasteiger partial charge in [0.25, 0.3) is 0 Å². The van der Waals surface area contributed by atoms with Gasteiger partial charge in [-0.05, 0) is 28.8 Å². The second-order valence-electron chi connectivity index (χ2n) is 6.29. The van der Waals surface area contributed by atoms with Gasteiger partial charge in [-0.15, -0.1) is 11.8 Å². The zero-order chi connectivity index (χ0) is 18.8. The van der Waals surface area contributed by atoms with Crippen LogP contribution in [0.3, 0.4) is 0 Å². The number of carbonyl (C=O) groups is 1. The van der Waals surface area contributed by atoms with Crippen molar-refractivity contribution < 1.29 is 9.53 Å². The van der Waals surface area contributed by atoms with E-state index in [-0.39, 0.29) is 17.8 Å². The number of benzene rings is 3. The molecule has 0 aliphatic heterocycles. The summed E-state index contributed by atoms with van der Waals surface area (Å²) >= 11 is 13.5. The fourth-order valence-electron chi connectivity index (χ4n) is 3.28. The second-order valence-corrected chi connectivity index (χ2v) is 8.09. The predicted molar refractivity (Wildman–Crippen MR) is 112 cm³/mol. The molecule has 0 spiro atoms. The van der Waals surface area contributed by atoms with E-state index in [4.69, 9.17) is 27.9 Å². The van der Waals surface area contributed by atoms with Gasteiger partial charge in [0.15, 0.2) is 6.10 Å². The third-order valence-corrected chi connectivity index (χ3v) is 6.21. The van der Waals surface area contributed by atoms with Crippen molar-refractivity contribution in [3.8, 4) is 11.1 Å². The Bertz CT molecular complexity index is 958. The molecule has 3 aromatic rings. The molecule has 0 atom stereocenters. The van der Waals surface area contributed by atoms with Crippen LogP contribution in [-0.4, -0.2) is 11.7 Å². The average Bonchev–Trinajstić information content (AvgIpc) is 2.99. The molecule has 0 amide bonds.